The lowest BCUT2D eigenvalue weighted by Crippen LogP contribution is -2.14. The highest BCUT2D eigenvalue weighted by atomic mass is 32.1. The van der Waals surface area contributed by atoms with Crippen molar-refractivity contribution in [2.24, 2.45) is 0 Å². The molecule has 0 radical (unpaired) electrons. The summed E-state index contributed by atoms with van der Waals surface area (Å²) in [5.74, 6) is 0.585. The van der Waals surface area contributed by atoms with Gasteiger partial charge in [0, 0.05) is 24.8 Å². The van der Waals surface area contributed by atoms with E-state index in [-0.39, 0.29) is 0 Å². The summed E-state index contributed by atoms with van der Waals surface area (Å²) in [5, 5.41) is 12.0. The van der Waals surface area contributed by atoms with Crippen molar-refractivity contribution in [3.8, 4) is 11.8 Å². The molecule has 0 aromatic heterocycles. The van der Waals surface area contributed by atoms with Gasteiger partial charge in [-0.1, -0.05) is 12.8 Å². The Morgan fingerprint density at radius 1 is 1.47 bits per heavy atom. The molecular weight excluding hydrogens is 210 g/mol. The van der Waals surface area contributed by atoms with Crippen LogP contribution in [0.3, 0.4) is 0 Å². The van der Waals surface area contributed by atoms with Gasteiger partial charge in [-0.2, -0.15) is 5.26 Å². The van der Waals surface area contributed by atoms with E-state index in [0.29, 0.717) is 11.3 Å². The summed E-state index contributed by atoms with van der Waals surface area (Å²) < 4.78 is 7.83. The molecule has 0 saturated carbocycles. The molecule has 0 spiro atoms. The Balaban J connectivity index is 2.71. The Morgan fingerprint density at radius 3 is 2.87 bits per heavy atom. The smallest absolute Gasteiger partial charge is 0.138 e. The van der Waals surface area contributed by atoms with Gasteiger partial charge in [0.25, 0.3) is 0 Å². The maximum Gasteiger partial charge on any atom is 0.138 e. The van der Waals surface area contributed by atoms with Crippen LogP contribution in [0.25, 0.3) is 0 Å². The average Bonchev–Trinajstić information content (AvgIpc) is 2.29. The summed E-state index contributed by atoms with van der Waals surface area (Å²) in [4.78, 5) is 0. The molecule has 5 heteroatoms. The normalized spacial score (nSPS) is 9.40. The molecule has 0 saturated heterocycles. The largest absolute Gasteiger partial charge is 0.495 e. The van der Waals surface area contributed by atoms with E-state index in [1.54, 1.807) is 19.2 Å². The first-order valence-corrected chi connectivity index (χ1v) is 4.95. The quantitative estimate of drug-likeness (QED) is 0.522. The Hall–Kier alpha value is -1.38. The number of benzene rings is 1. The van der Waals surface area contributed by atoms with Crippen molar-refractivity contribution < 1.29 is 4.74 Å². The topological polar surface area (TPSA) is 57.1 Å². The fraction of sp³-hybridized carbons (Fsp3) is 0.300. The van der Waals surface area contributed by atoms with E-state index in [1.807, 2.05) is 6.07 Å². The van der Waals surface area contributed by atoms with Crippen molar-refractivity contribution in [2.45, 2.75) is 0 Å². The van der Waals surface area contributed by atoms with Crippen molar-refractivity contribution in [2.75, 3.05) is 25.5 Å². The SMILES string of the molecule is COc1cc(NCCNS)ccc1C#N. The van der Waals surface area contributed by atoms with Crippen LogP contribution in [0, 0.1) is 11.3 Å². The number of hydrogen-bond donors (Lipinski definition) is 3. The van der Waals surface area contributed by atoms with Crippen LogP contribution in [0.2, 0.25) is 0 Å². The summed E-state index contributed by atoms with van der Waals surface area (Å²) in [5.41, 5.74) is 1.46. The Bertz CT molecular complexity index is 362. The van der Waals surface area contributed by atoms with Gasteiger partial charge in [0.1, 0.15) is 11.8 Å². The Labute approximate surface area is 94.8 Å². The van der Waals surface area contributed by atoms with Crippen LogP contribution in [0.4, 0.5) is 5.69 Å². The zero-order valence-corrected chi connectivity index (χ0v) is 9.34. The minimum atomic E-state index is 0.537. The van der Waals surface area contributed by atoms with Crippen molar-refractivity contribution in [3.63, 3.8) is 0 Å². The number of rotatable bonds is 5. The van der Waals surface area contributed by atoms with Gasteiger partial charge in [-0.15, -0.1) is 0 Å². The van der Waals surface area contributed by atoms with E-state index < -0.39 is 0 Å². The van der Waals surface area contributed by atoms with Gasteiger partial charge >= 0.3 is 0 Å². The molecule has 0 heterocycles. The molecular formula is C10H13N3OS. The fourth-order valence-electron chi connectivity index (χ4n) is 1.16. The number of thiol groups is 1. The minimum absolute atomic E-state index is 0.537. The van der Waals surface area contributed by atoms with Crippen LogP contribution >= 0.6 is 12.8 Å². The molecule has 4 nitrogen and oxygen atoms in total. The van der Waals surface area contributed by atoms with Gasteiger partial charge in [-0.25, -0.2) is 0 Å². The van der Waals surface area contributed by atoms with Crippen molar-refractivity contribution >= 4 is 18.5 Å². The summed E-state index contributed by atoms with van der Waals surface area (Å²) in [6.07, 6.45) is 0. The summed E-state index contributed by atoms with van der Waals surface area (Å²) in [6.45, 7) is 1.52. The second-order valence-electron chi connectivity index (χ2n) is 2.86. The summed E-state index contributed by atoms with van der Waals surface area (Å²) in [7, 11) is 1.55. The van der Waals surface area contributed by atoms with Crippen LogP contribution in [0.15, 0.2) is 18.2 Å². The monoisotopic (exact) mass is 223 g/mol. The molecule has 1 aromatic carbocycles. The van der Waals surface area contributed by atoms with Crippen LogP contribution in [-0.2, 0) is 0 Å². The van der Waals surface area contributed by atoms with Crippen LogP contribution in [0.1, 0.15) is 5.56 Å². The van der Waals surface area contributed by atoms with E-state index in [4.69, 9.17) is 10.00 Å². The summed E-state index contributed by atoms with van der Waals surface area (Å²) in [6, 6.07) is 7.44. The molecule has 1 aromatic rings. The van der Waals surface area contributed by atoms with E-state index >= 15 is 0 Å². The molecule has 1 rings (SSSR count). The molecule has 0 amide bonds. The van der Waals surface area contributed by atoms with Gasteiger partial charge in [-0.3, -0.25) is 4.72 Å². The van der Waals surface area contributed by atoms with Crippen LogP contribution in [-0.4, -0.2) is 20.2 Å². The number of anilines is 1. The van der Waals surface area contributed by atoms with Gasteiger partial charge in [0.15, 0.2) is 0 Å². The minimum Gasteiger partial charge on any atom is -0.495 e. The third-order valence-electron chi connectivity index (χ3n) is 1.89. The number of nitrogens with zero attached hydrogens (tertiary/aromatic N) is 1. The molecule has 0 aliphatic rings. The predicted molar refractivity (Wildman–Crippen MR) is 63.2 cm³/mol. The van der Waals surface area contributed by atoms with Crippen molar-refractivity contribution in [3.05, 3.63) is 23.8 Å². The first-order chi connectivity index (χ1) is 7.31. The zero-order chi connectivity index (χ0) is 11.1. The lowest BCUT2D eigenvalue weighted by atomic mass is 10.2. The first-order valence-electron chi connectivity index (χ1n) is 4.50. The highest BCUT2D eigenvalue weighted by Crippen LogP contribution is 2.21. The van der Waals surface area contributed by atoms with Gasteiger partial charge < -0.3 is 10.1 Å². The second kappa shape index (κ2) is 6.17. The second-order valence-corrected chi connectivity index (χ2v) is 3.18. The molecule has 15 heavy (non-hydrogen) atoms. The third-order valence-corrected chi connectivity index (χ3v) is 2.11. The number of nitrogens with one attached hydrogen (secondary N) is 2. The van der Waals surface area contributed by atoms with E-state index in [1.165, 1.54) is 0 Å². The maximum atomic E-state index is 8.78. The molecule has 0 fully saturated rings. The van der Waals surface area contributed by atoms with Crippen molar-refractivity contribution in [1.29, 1.82) is 5.26 Å². The molecule has 0 bridgehead atoms. The molecule has 2 N–H and O–H groups in total. The molecule has 0 aliphatic carbocycles. The zero-order valence-electron chi connectivity index (χ0n) is 8.45. The van der Waals surface area contributed by atoms with Gasteiger partial charge in [0.2, 0.25) is 0 Å². The van der Waals surface area contributed by atoms with Gasteiger partial charge in [-0.05, 0) is 12.1 Å². The molecule has 80 valence electrons. The standard InChI is InChI=1S/C10H13N3OS/c1-14-10-6-9(12-4-5-13-15)3-2-8(10)7-11/h2-3,6,12-13,15H,4-5H2,1H3. The van der Waals surface area contributed by atoms with E-state index in [9.17, 15) is 0 Å². The summed E-state index contributed by atoms with van der Waals surface area (Å²) >= 11 is 3.88. The van der Waals surface area contributed by atoms with E-state index in [2.05, 4.69) is 28.9 Å². The van der Waals surface area contributed by atoms with Crippen molar-refractivity contribution in [1.82, 2.24) is 4.72 Å². The molecule has 0 unspecified atom stereocenters. The lowest BCUT2D eigenvalue weighted by molar-refractivity contribution is 0.413. The highest BCUT2D eigenvalue weighted by molar-refractivity contribution is 7.78. The average molecular weight is 223 g/mol. The predicted octanol–water partition coefficient (Wildman–Crippen LogP) is 1.41. The molecule has 0 atom stereocenters. The highest BCUT2D eigenvalue weighted by Gasteiger charge is 2.02. The number of methoxy groups -OCH3 is 1. The number of ether oxygens (including phenoxy) is 1. The maximum absolute atomic E-state index is 8.78. The van der Waals surface area contributed by atoms with Crippen LogP contribution < -0.4 is 14.8 Å². The number of hydrogen-bond acceptors (Lipinski definition) is 5. The third kappa shape index (κ3) is 3.35. The van der Waals surface area contributed by atoms with E-state index in [0.717, 1.165) is 18.8 Å². The Morgan fingerprint density at radius 2 is 2.27 bits per heavy atom. The van der Waals surface area contributed by atoms with Crippen LogP contribution in [0.5, 0.6) is 5.75 Å². The number of nitriles is 1. The first kappa shape index (κ1) is 11.7. The van der Waals surface area contributed by atoms with Gasteiger partial charge in [0.05, 0.1) is 12.7 Å². The molecule has 0 aliphatic heterocycles. The fourth-order valence-corrected chi connectivity index (χ4v) is 1.27. The lowest BCUT2D eigenvalue weighted by Gasteiger charge is -2.08. The Kier molecular flexibility index (Phi) is 4.81.